The van der Waals surface area contributed by atoms with Gasteiger partial charge in [0.15, 0.2) is 0 Å². The van der Waals surface area contributed by atoms with Gasteiger partial charge in [0.2, 0.25) is 0 Å². The number of rotatable bonds is 5. The first-order valence-corrected chi connectivity index (χ1v) is 4.50. The fraction of sp³-hybridized carbons (Fsp3) is 0.833. The van der Waals surface area contributed by atoms with Crippen LogP contribution < -0.4 is 3.53 Å². The number of hydrogen-bond donors (Lipinski definition) is 5. The van der Waals surface area contributed by atoms with E-state index < -0.39 is 18.2 Å². The van der Waals surface area contributed by atoms with Crippen LogP contribution in [0.15, 0.2) is 0 Å². The van der Waals surface area contributed by atoms with Crippen molar-refractivity contribution in [3.63, 3.8) is 0 Å². The van der Waals surface area contributed by atoms with Crippen molar-refractivity contribution in [2.75, 3.05) is 6.61 Å². The van der Waals surface area contributed by atoms with E-state index in [2.05, 4.69) is 3.53 Å². The van der Waals surface area contributed by atoms with Crippen LogP contribution in [-0.4, -0.2) is 45.9 Å². The molecule has 0 bridgehead atoms. The molecule has 0 saturated carbocycles. The number of nitrogens with one attached hydrogen (secondary N) is 2. The number of hydrogen-bond acceptors (Lipinski definition) is 5. The number of aliphatic hydroxyl groups excluding tert-OH is 3. The van der Waals surface area contributed by atoms with Gasteiger partial charge in [-0.25, -0.2) is 0 Å². The first kappa shape index (κ1) is 12.2. The van der Waals surface area contributed by atoms with Crippen LogP contribution in [0, 0.1) is 5.41 Å². The molecule has 0 saturated heterocycles. The Morgan fingerprint density at radius 1 is 1.58 bits per heavy atom. The van der Waals surface area contributed by atoms with E-state index >= 15 is 0 Å². The molecule has 5 N–H and O–H groups in total. The van der Waals surface area contributed by atoms with Crippen LogP contribution in [0.4, 0.5) is 0 Å². The van der Waals surface area contributed by atoms with Crippen molar-refractivity contribution in [2.24, 2.45) is 0 Å². The van der Waals surface area contributed by atoms with E-state index in [4.69, 9.17) is 10.5 Å². The number of halogens is 1. The zero-order chi connectivity index (χ0) is 9.72. The Labute approximate surface area is 84.8 Å². The van der Waals surface area contributed by atoms with Gasteiger partial charge in [0.25, 0.3) is 0 Å². The van der Waals surface area contributed by atoms with Crippen LogP contribution in [0.1, 0.15) is 6.92 Å². The summed E-state index contributed by atoms with van der Waals surface area (Å²) in [5.41, 5.74) is -0.0207. The third kappa shape index (κ3) is 3.31. The Morgan fingerprint density at radius 3 is 2.33 bits per heavy atom. The van der Waals surface area contributed by atoms with Gasteiger partial charge in [-0.05, 0) is 6.92 Å². The molecule has 3 atom stereocenters. The van der Waals surface area contributed by atoms with Crippen LogP contribution >= 0.6 is 22.9 Å². The highest BCUT2D eigenvalue weighted by molar-refractivity contribution is 14.1. The largest absolute Gasteiger partial charge is 0.395 e. The molecule has 0 aromatic rings. The Kier molecular flexibility index (Phi) is 5.93. The van der Waals surface area contributed by atoms with Crippen molar-refractivity contribution in [2.45, 2.75) is 25.2 Å². The normalized spacial score (nSPS) is 18.4. The second-order valence-corrected chi connectivity index (χ2v) is 3.14. The molecule has 0 amide bonds. The van der Waals surface area contributed by atoms with E-state index in [1.807, 2.05) is 0 Å². The Bertz CT molecular complexity index is 152. The number of aliphatic hydroxyl groups is 3. The summed E-state index contributed by atoms with van der Waals surface area (Å²) in [5, 5.41) is 34.3. The highest BCUT2D eigenvalue weighted by Gasteiger charge is 2.26. The monoisotopic (exact) mass is 288 g/mol. The lowest BCUT2D eigenvalue weighted by atomic mass is 10.0. The first-order chi connectivity index (χ1) is 5.54. The molecule has 72 valence electrons. The third-order valence-corrected chi connectivity index (χ3v) is 2.32. The summed E-state index contributed by atoms with van der Waals surface area (Å²) >= 11 is 1.77. The van der Waals surface area contributed by atoms with E-state index in [0.29, 0.717) is 0 Å². The van der Waals surface area contributed by atoms with Crippen molar-refractivity contribution in [3.05, 3.63) is 0 Å². The molecule has 0 aromatic heterocycles. The molecule has 0 fully saturated rings. The van der Waals surface area contributed by atoms with E-state index in [0.717, 1.165) is 0 Å². The maximum Gasteiger partial charge on any atom is 0.118 e. The van der Waals surface area contributed by atoms with Crippen molar-refractivity contribution >= 4 is 28.6 Å². The maximum absolute atomic E-state index is 9.33. The van der Waals surface area contributed by atoms with Crippen LogP contribution in [0.5, 0.6) is 0 Å². The zero-order valence-corrected chi connectivity index (χ0v) is 8.82. The van der Waals surface area contributed by atoms with Gasteiger partial charge in [-0.3, -0.25) is 3.53 Å². The van der Waals surface area contributed by atoms with E-state index in [-0.39, 0.29) is 12.3 Å². The van der Waals surface area contributed by atoms with Gasteiger partial charge in [-0.2, -0.15) is 0 Å². The summed E-state index contributed by atoms with van der Waals surface area (Å²) in [6.45, 7) is 1.12. The molecular weight excluding hydrogens is 275 g/mol. The first-order valence-electron chi connectivity index (χ1n) is 3.42. The summed E-state index contributed by atoms with van der Waals surface area (Å²) in [6, 6.07) is -0.610. The topological polar surface area (TPSA) is 96.6 Å². The fourth-order valence-corrected chi connectivity index (χ4v) is 1.25. The van der Waals surface area contributed by atoms with Crippen LogP contribution in [0.3, 0.4) is 0 Å². The lowest BCUT2D eigenvalue weighted by molar-refractivity contribution is 0.0236. The van der Waals surface area contributed by atoms with Gasteiger partial charge in [-0.15, -0.1) is 0 Å². The van der Waals surface area contributed by atoms with Crippen LogP contribution in [0.2, 0.25) is 0 Å². The fourth-order valence-electron chi connectivity index (χ4n) is 0.683. The molecule has 0 radical (unpaired) electrons. The van der Waals surface area contributed by atoms with Crippen LogP contribution in [-0.2, 0) is 0 Å². The second kappa shape index (κ2) is 5.81. The molecule has 0 aromatic carbocycles. The minimum atomic E-state index is -1.22. The van der Waals surface area contributed by atoms with E-state index in [9.17, 15) is 10.2 Å². The molecule has 0 aliphatic heterocycles. The Morgan fingerprint density at radius 2 is 2.08 bits per heavy atom. The predicted octanol–water partition coefficient (Wildman–Crippen LogP) is -0.952. The average Bonchev–Trinajstić information content (AvgIpc) is 2.05. The van der Waals surface area contributed by atoms with E-state index in [1.54, 1.807) is 22.9 Å². The standard InChI is InChI=1S/C6H13IN2O3/c1-3(8)5(11)6(12)4(2-10)9-7/h4-6,8-12H,2H2,1H3/t4?,5-,6?/m1/s1. The summed E-state index contributed by atoms with van der Waals surface area (Å²) in [4.78, 5) is 0. The molecule has 12 heavy (non-hydrogen) atoms. The molecule has 0 rings (SSSR count). The molecule has 2 unspecified atom stereocenters. The van der Waals surface area contributed by atoms with Crippen molar-refractivity contribution in [3.8, 4) is 0 Å². The second-order valence-electron chi connectivity index (χ2n) is 2.52. The average molecular weight is 288 g/mol. The van der Waals surface area contributed by atoms with Gasteiger partial charge in [0.1, 0.15) is 12.2 Å². The Hall–Kier alpha value is 0.240. The van der Waals surface area contributed by atoms with Crippen molar-refractivity contribution in [1.82, 2.24) is 3.53 Å². The predicted molar refractivity (Wildman–Crippen MR) is 53.4 cm³/mol. The van der Waals surface area contributed by atoms with Gasteiger partial charge in [-0.1, -0.05) is 0 Å². The van der Waals surface area contributed by atoms with Gasteiger partial charge < -0.3 is 20.7 Å². The highest BCUT2D eigenvalue weighted by Crippen LogP contribution is 2.02. The van der Waals surface area contributed by atoms with Gasteiger partial charge in [0, 0.05) is 28.6 Å². The minimum absolute atomic E-state index is 0.0207. The molecule has 0 aliphatic carbocycles. The smallest absolute Gasteiger partial charge is 0.118 e. The Balaban J connectivity index is 4.14. The quantitative estimate of drug-likeness (QED) is 0.256. The molecule has 0 aliphatic rings. The van der Waals surface area contributed by atoms with Gasteiger partial charge in [0.05, 0.1) is 12.6 Å². The summed E-state index contributed by atoms with van der Waals surface area (Å²) in [5.74, 6) is 0. The molecule has 0 heterocycles. The van der Waals surface area contributed by atoms with E-state index in [1.165, 1.54) is 6.92 Å². The molecule has 0 spiro atoms. The molecule has 5 nitrogen and oxygen atoms in total. The van der Waals surface area contributed by atoms with Gasteiger partial charge >= 0.3 is 0 Å². The lowest BCUT2D eigenvalue weighted by Gasteiger charge is -2.23. The van der Waals surface area contributed by atoms with Crippen LogP contribution in [0.25, 0.3) is 0 Å². The third-order valence-electron chi connectivity index (χ3n) is 1.52. The van der Waals surface area contributed by atoms with Crippen molar-refractivity contribution in [1.29, 1.82) is 5.41 Å². The van der Waals surface area contributed by atoms with Crippen molar-refractivity contribution < 1.29 is 15.3 Å². The minimum Gasteiger partial charge on any atom is -0.395 e. The summed E-state index contributed by atoms with van der Waals surface area (Å²) < 4.78 is 2.60. The summed E-state index contributed by atoms with van der Waals surface area (Å²) in [7, 11) is 0. The molecule has 6 heteroatoms. The lowest BCUT2D eigenvalue weighted by Crippen LogP contribution is -2.47. The molecular formula is C6H13IN2O3. The maximum atomic E-state index is 9.33. The highest BCUT2D eigenvalue weighted by atomic mass is 127. The summed E-state index contributed by atoms with van der Waals surface area (Å²) in [6.07, 6.45) is -2.37. The zero-order valence-electron chi connectivity index (χ0n) is 6.66. The SMILES string of the molecule is CC(=N)[C@@H](O)C(O)C(CO)NI.